The molecule has 1 fully saturated rings. The second-order valence-electron chi connectivity index (χ2n) is 4.74. The van der Waals surface area contributed by atoms with Crippen molar-refractivity contribution >= 4 is 23.3 Å². The van der Waals surface area contributed by atoms with Crippen molar-refractivity contribution in [3.63, 3.8) is 0 Å². The van der Waals surface area contributed by atoms with Gasteiger partial charge in [0.05, 0.1) is 16.6 Å². The van der Waals surface area contributed by atoms with E-state index in [0.29, 0.717) is 10.7 Å². The topological polar surface area (TPSA) is 66.6 Å². The molecule has 0 saturated carbocycles. The van der Waals surface area contributed by atoms with E-state index >= 15 is 0 Å². The highest BCUT2D eigenvalue weighted by molar-refractivity contribution is 6.33. The summed E-state index contributed by atoms with van der Waals surface area (Å²) in [7, 11) is 0. The van der Waals surface area contributed by atoms with Crippen LogP contribution in [0.15, 0.2) is 18.2 Å². The van der Waals surface area contributed by atoms with Gasteiger partial charge < -0.3 is 10.8 Å². The van der Waals surface area contributed by atoms with Crippen molar-refractivity contribution in [1.82, 2.24) is 4.90 Å². The highest BCUT2D eigenvalue weighted by Gasteiger charge is 2.24. The molecule has 98 valence electrons. The molecule has 1 aliphatic heterocycles. The van der Waals surface area contributed by atoms with Crippen LogP contribution in [0.2, 0.25) is 5.02 Å². The van der Waals surface area contributed by atoms with E-state index in [1.54, 1.807) is 6.07 Å². The maximum Gasteiger partial charge on any atom is 0.306 e. The van der Waals surface area contributed by atoms with Crippen LogP contribution in [0.4, 0.5) is 5.69 Å². The van der Waals surface area contributed by atoms with Gasteiger partial charge in [0.15, 0.2) is 0 Å². The predicted molar refractivity (Wildman–Crippen MR) is 71.5 cm³/mol. The van der Waals surface area contributed by atoms with Crippen LogP contribution in [0.5, 0.6) is 0 Å². The third-order valence-corrected chi connectivity index (χ3v) is 3.75. The first-order valence-corrected chi connectivity index (χ1v) is 6.43. The summed E-state index contributed by atoms with van der Waals surface area (Å²) in [5.41, 5.74) is 7.47. The molecule has 1 aromatic rings. The van der Waals surface area contributed by atoms with E-state index in [1.165, 1.54) is 0 Å². The molecule has 0 aromatic heterocycles. The van der Waals surface area contributed by atoms with E-state index in [-0.39, 0.29) is 5.92 Å². The number of carbonyl (C=O) groups is 1. The molecule has 3 N–H and O–H groups in total. The summed E-state index contributed by atoms with van der Waals surface area (Å²) in [6, 6.07) is 5.64. The quantitative estimate of drug-likeness (QED) is 0.825. The Hall–Kier alpha value is -1.26. The van der Waals surface area contributed by atoms with Crippen molar-refractivity contribution < 1.29 is 9.90 Å². The number of hydrogen-bond donors (Lipinski definition) is 2. The van der Waals surface area contributed by atoms with E-state index in [1.807, 2.05) is 12.1 Å². The van der Waals surface area contributed by atoms with Gasteiger partial charge in [0.1, 0.15) is 0 Å². The molecule has 5 heteroatoms. The Morgan fingerprint density at radius 1 is 1.44 bits per heavy atom. The van der Waals surface area contributed by atoms with Crippen LogP contribution in [0.3, 0.4) is 0 Å². The SMILES string of the molecule is Nc1cc(CN2CCC(C(=O)O)CC2)ccc1Cl. The lowest BCUT2D eigenvalue weighted by molar-refractivity contribution is -0.143. The molecule has 0 aliphatic carbocycles. The molecular formula is C13H17ClN2O2. The zero-order valence-corrected chi connectivity index (χ0v) is 10.9. The standard InChI is InChI=1S/C13H17ClN2O2/c14-11-2-1-9(7-12(11)15)8-16-5-3-10(4-6-16)13(17)18/h1-2,7,10H,3-6,8,15H2,(H,17,18). The number of likely N-dealkylation sites (tertiary alicyclic amines) is 1. The summed E-state index contributed by atoms with van der Waals surface area (Å²) in [6.07, 6.45) is 1.44. The molecule has 4 nitrogen and oxygen atoms in total. The van der Waals surface area contributed by atoms with Crippen LogP contribution in [0, 0.1) is 5.92 Å². The lowest BCUT2D eigenvalue weighted by Gasteiger charge is -2.30. The fourth-order valence-electron chi connectivity index (χ4n) is 2.29. The molecule has 2 rings (SSSR count). The molecule has 1 aliphatic rings. The van der Waals surface area contributed by atoms with Crippen LogP contribution >= 0.6 is 11.6 Å². The average molecular weight is 269 g/mol. The van der Waals surface area contributed by atoms with E-state index in [9.17, 15) is 4.79 Å². The van der Waals surface area contributed by atoms with Crippen LogP contribution in [0.25, 0.3) is 0 Å². The van der Waals surface area contributed by atoms with Gasteiger partial charge in [0.25, 0.3) is 0 Å². The number of aliphatic carboxylic acids is 1. The number of benzene rings is 1. The first kappa shape index (κ1) is 13.2. The second kappa shape index (κ2) is 5.59. The van der Waals surface area contributed by atoms with Gasteiger partial charge in [-0.3, -0.25) is 9.69 Å². The van der Waals surface area contributed by atoms with Crippen molar-refractivity contribution in [1.29, 1.82) is 0 Å². The van der Waals surface area contributed by atoms with Crippen molar-refractivity contribution in [3.05, 3.63) is 28.8 Å². The fraction of sp³-hybridized carbons (Fsp3) is 0.462. The van der Waals surface area contributed by atoms with Crippen LogP contribution in [-0.4, -0.2) is 29.1 Å². The predicted octanol–water partition coefficient (Wildman–Crippen LogP) is 2.22. The third kappa shape index (κ3) is 3.15. The molecule has 0 bridgehead atoms. The first-order chi connectivity index (χ1) is 8.56. The Morgan fingerprint density at radius 2 is 2.11 bits per heavy atom. The Kier molecular flexibility index (Phi) is 4.09. The monoisotopic (exact) mass is 268 g/mol. The van der Waals surface area contributed by atoms with Gasteiger partial charge in [-0.15, -0.1) is 0 Å². The van der Waals surface area contributed by atoms with Gasteiger partial charge in [0, 0.05) is 6.54 Å². The van der Waals surface area contributed by atoms with Crippen molar-refractivity contribution in [2.24, 2.45) is 5.92 Å². The molecule has 0 radical (unpaired) electrons. The summed E-state index contributed by atoms with van der Waals surface area (Å²) >= 11 is 5.87. The van der Waals surface area contributed by atoms with Gasteiger partial charge >= 0.3 is 5.97 Å². The zero-order valence-electron chi connectivity index (χ0n) is 10.1. The van der Waals surface area contributed by atoms with Gasteiger partial charge in [0.2, 0.25) is 0 Å². The molecule has 0 amide bonds. The summed E-state index contributed by atoms with van der Waals surface area (Å²) in [5, 5.41) is 9.50. The molecule has 0 atom stereocenters. The minimum Gasteiger partial charge on any atom is -0.481 e. The minimum atomic E-state index is -0.676. The summed E-state index contributed by atoms with van der Waals surface area (Å²) in [6.45, 7) is 2.44. The highest BCUT2D eigenvalue weighted by Crippen LogP contribution is 2.23. The Balaban J connectivity index is 1.91. The second-order valence-corrected chi connectivity index (χ2v) is 5.15. The minimum absolute atomic E-state index is 0.184. The lowest BCUT2D eigenvalue weighted by atomic mass is 9.97. The summed E-state index contributed by atoms with van der Waals surface area (Å²) < 4.78 is 0. The number of carboxylic acid groups (broad SMARTS) is 1. The van der Waals surface area contributed by atoms with E-state index in [0.717, 1.165) is 38.0 Å². The summed E-state index contributed by atoms with van der Waals surface area (Å²) in [5.74, 6) is -0.859. The van der Waals surface area contributed by atoms with Gasteiger partial charge in [-0.25, -0.2) is 0 Å². The fourth-order valence-corrected chi connectivity index (χ4v) is 2.41. The zero-order chi connectivity index (χ0) is 13.1. The number of nitrogens with zero attached hydrogens (tertiary/aromatic N) is 1. The molecule has 18 heavy (non-hydrogen) atoms. The van der Waals surface area contributed by atoms with E-state index < -0.39 is 5.97 Å². The molecular weight excluding hydrogens is 252 g/mol. The van der Waals surface area contributed by atoms with Crippen LogP contribution in [-0.2, 0) is 11.3 Å². The molecule has 0 unspecified atom stereocenters. The first-order valence-electron chi connectivity index (χ1n) is 6.05. The Bertz CT molecular complexity index is 443. The van der Waals surface area contributed by atoms with Gasteiger partial charge in [-0.05, 0) is 43.6 Å². The smallest absolute Gasteiger partial charge is 0.306 e. The number of halogens is 1. The maximum atomic E-state index is 10.9. The Morgan fingerprint density at radius 3 is 2.67 bits per heavy atom. The number of carboxylic acids is 1. The number of hydrogen-bond acceptors (Lipinski definition) is 3. The maximum absolute atomic E-state index is 10.9. The number of nitrogens with two attached hydrogens (primary N) is 1. The number of rotatable bonds is 3. The molecule has 1 aromatic carbocycles. The number of piperidine rings is 1. The van der Waals surface area contributed by atoms with E-state index in [2.05, 4.69) is 4.90 Å². The van der Waals surface area contributed by atoms with Crippen molar-refractivity contribution in [3.8, 4) is 0 Å². The molecule has 1 heterocycles. The number of nitrogen functional groups attached to an aromatic ring is 1. The average Bonchev–Trinajstić information content (AvgIpc) is 2.34. The number of anilines is 1. The lowest BCUT2D eigenvalue weighted by Crippen LogP contribution is -2.35. The van der Waals surface area contributed by atoms with E-state index in [4.69, 9.17) is 22.4 Å². The van der Waals surface area contributed by atoms with Crippen LogP contribution < -0.4 is 5.73 Å². The molecule has 1 saturated heterocycles. The van der Waals surface area contributed by atoms with Gasteiger partial charge in [-0.1, -0.05) is 17.7 Å². The molecule has 0 spiro atoms. The largest absolute Gasteiger partial charge is 0.481 e. The van der Waals surface area contributed by atoms with Crippen molar-refractivity contribution in [2.45, 2.75) is 19.4 Å². The normalized spacial score (nSPS) is 17.8. The van der Waals surface area contributed by atoms with Gasteiger partial charge in [-0.2, -0.15) is 0 Å². The highest BCUT2D eigenvalue weighted by atomic mass is 35.5. The summed E-state index contributed by atoms with van der Waals surface area (Å²) in [4.78, 5) is 13.1. The van der Waals surface area contributed by atoms with Crippen molar-refractivity contribution in [2.75, 3.05) is 18.8 Å². The third-order valence-electron chi connectivity index (χ3n) is 3.40. The van der Waals surface area contributed by atoms with Crippen LogP contribution in [0.1, 0.15) is 18.4 Å². The Labute approximate surface area is 111 Å².